The van der Waals surface area contributed by atoms with Gasteiger partial charge in [0.25, 0.3) is 0 Å². The topological polar surface area (TPSA) is 46.5 Å². The van der Waals surface area contributed by atoms with Gasteiger partial charge in [-0.1, -0.05) is 12.1 Å². The van der Waals surface area contributed by atoms with Gasteiger partial charge in [-0.2, -0.15) is 0 Å². The number of ketones is 1. The molecule has 0 saturated heterocycles. The Kier molecular flexibility index (Phi) is 3.43. The maximum Gasteiger partial charge on any atom is 0.160 e. The molecule has 1 atom stereocenters. The lowest BCUT2D eigenvalue weighted by Crippen LogP contribution is -2.00. The van der Waals surface area contributed by atoms with E-state index in [1.54, 1.807) is 18.9 Å². The van der Waals surface area contributed by atoms with Crippen LogP contribution in [0.3, 0.4) is 0 Å². The number of benzene rings is 1. The van der Waals surface area contributed by atoms with E-state index in [9.17, 15) is 9.90 Å². The van der Waals surface area contributed by atoms with E-state index in [1.165, 1.54) is 6.92 Å². The Labute approximate surface area is 104 Å². The summed E-state index contributed by atoms with van der Waals surface area (Å²) in [5.41, 5.74) is 1.53. The lowest BCUT2D eigenvalue weighted by molar-refractivity contribution is -0.113. The fourth-order valence-corrected chi connectivity index (χ4v) is 3.13. The minimum Gasteiger partial charge on any atom is -0.510 e. The van der Waals surface area contributed by atoms with Crippen LogP contribution < -0.4 is 4.74 Å². The van der Waals surface area contributed by atoms with E-state index < -0.39 is 0 Å². The maximum absolute atomic E-state index is 11.3. The molecule has 90 valence electrons. The van der Waals surface area contributed by atoms with E-state index in [2.05, 4.69) is 0 Å². The summed E-state index contributed by atoms with van der Waals surface area (Å²) in [7, 11) is 1.62. The van der Waals surface area contributed by atoms with E-state index in [0.29, 0.717) is 11.3 Å². The van der Waals surface area contributed by atoms with Gasteiger partial charge in [0.1, 0.15) is 11.5 Å². The zero-order valence-corrected chi connectivity index (χ0v) is 10.6. The highest BCUT2D eigenvalue weighted by molar-refractivity contribution is 8.00. The van der Waals surface area contributed by atoms with Crippen molar-refractivity contribution in [3.63, 3.8) is 0 Å². The molecule has 0 aliphatic carbocycles. The Morgan fingerprint density at radius 1 is 1.41 bits per heavy atom. The molecule has 1 aromatic rings. The van der Waals surface area contributed by atoms with Crippen molar-refractivity contribution in [2.24, 2.45) is 0 Å². The lowest BCUT2D eigenvalue weighted by atomic mass is 10.1. The number of carbonyl (C=O) groups excluding carboxylic acids is 1. The van der Waals surface area contributed by atoms with Crippen LogP contribution in [-0.4, -0.2) is 23.8 Å². The number of carbonyl (C=O) groups is 1. The minimum atomic E-state index is -0.125. The van der Waals surface area contributed by atoms with Crippen LogP contribution in [0, 0.1) is 0 Å². The zero-order chi connectivity index (χ0) is 12.4. The first kappa shape index (κ1) is 12.0. The molecule has 0 saturated carbocycles. The van der Waals surface area contributed by atoms with Crippen molar-refractivity contribution in [3.05, 3.63) is 41.2 Å². The van der Waals surface area contributed by atoms with Gasteiger partial charge in [-0.05, 0) is 24.6 Å². The first-order valence-electron chi connectivity index (χ1n) is 5.32. The molecule has 1 aromatic carbocycles. The van der Waals surface area contributed by atoms with Crippen LogP contribution >= 0.6 is 11.8 Å². The number of rotatable bonds is 3. The number of aliphatic hydroxyl groups excluding tert-OH is 1. The Morgan fingerprint density at radius 2 is 2.06 bits per heavy atom. The van der Waals surface area contributed by atoms with Crippen molar-refractivity contribution in [1.82, 2.24) is 0 Å². The van der Waals surface area contributed by atoms with E-state index in [0.717, 1.165) is 11.3 Å². The van der Waals surface area contributed by atoms with Crippen molar-refractivity contribution >= 4 is 17.5 Å². The van der Waals surface area contributed by atoms with Gasteiger partial charge in [0, 0.05) is 11.3 Å². The highest BCUT2D eigenvalue weighted by Gasteiger charge is 2.29. The monoisotopic (exact) mass is 250 g/mol. The molecule has 3 nitrogen and oxygen atoms in total. The Morgan fingerprint density at radius 3 is 2.53 bits per heavy atom. The van der Waals surface area contributed by atoms with Crippen LogP contribution in [0.2, 0.25) is 0 Å². The molecular formula is C13H14O3S. The number of ether oxygens (including phenoxy) is 1. The molecule has 0 amide bonds. The summed E-state index contributed by atoms with van der Waals surface area (Å²) in [5, 5.41) is 9.88. The van der Waals surface area contributed by atoms with Crippen molar-refractivity contribution < 1.29 is 14.6 Å². The van der Waals surface area contributed by atoms with Crippen LogP contribution in [0.1, 0.15) is 17.7 Å². The Hall–Kier alpha value is -1.42. The number of aliphatic hydroxyl groups is 1. The molecular weight excluding hydrogens is 236 g/mol. The first-order valence-corrected chi connectivity index (χ1v) is 6.37. The highest BCUT2D eigenvalue weighted by Crippen LogP contribution is 2.43. The molecule has 4 heteroatoms. The van der Waals surface area contributed by atoms with Crippen molar-refractivity contribution in [1.29, 1.82) is 0 Å². The first-order chi connectivity index (χ1) is 8.13. The molecule has 0 bridgehead atoms. The van der Waals surface area contributed by atoms with E-state index in [1.807, 2.05) is 24.3 Å². The van der Waals surface area contributed by atoms with Crippen LogP contribution in [0.5, 0.6) is 5.75 Å². The average molecular weight is 250 g/mol. The molecule has 1 unspecified atom stereocenters. The third-order valence-corrected chi connectivity index (χ3v) is 4.08. The molecule has 0 aromatic heterocycles. The van der Waals surface area contributed by atoms with Crippen LogP contribution in [0.15, 0.2) is 35.6 Å². The quantitative estimate of drug-likeness (QED) is 0.896. The third-order valence-electron chi connectivity index (χ3n) is 2.80. The molecule has 0 radical (unpaired) electrons. The summed E-state index contributed by atoms with van der Waals surface area (Å²) in [6, 6.07) is 7.54. The second kappa shape index (κ2) is 4.84. The van der Waals surface area contributed by atoms with Gasteiger partial charge in [0.2, 0.25) is 0 Å². The fourth-order valence-electron chi connectivity index (χ4n) is 1.79. The molecule has 17 heavy (non-hydrogen) atoms. The van der Waals surface area contributed by atoms with Crippen molar-refractivity contribution in [2.45, 2.75) is 12.2 Å². The van der Waals surface area contributed by atoms with Gasteiger partial charge in [-0.15, -0.1) is 11.8 Å². The smallest absolute Gasteiger partial charge is 0.160 e. The number of Topliss-reactive ketones (excluding diaryl/α,β-unsaturated/α-hetero) is 1. The number of thioether (sulfide) groups is 1. The summed E-state index contributed by atoms with van der Waals surface area (Å²) in [5.74, 6) is 1.52. The predicted octanol–water partition coefficient (Wildman–Crippen LogP) is 2.88. The fraction of sp³-hybridized carbons (Fsp3) is 0.308. The minimum absolute atomic E-state index is 0.0500. The summed E-state index contributed by atoms with van der Waals surface area (Å²) in [6.07, 6.45) is 0. The largest absolute Gasteiger partial charge is 0.510 e. The second-order valence-corrected chi connectivity index (χ2v) is 4.98. The average Bonchev–Trinajstić information content (AvgIpc) is 2.71. The maximum atomic E-state index is 11.3. The van der Waals surface area contributed by atoms with Gasteiger partial charge in [-0.3, -0.25) is 4.79 Å². The SMILES string of the molecule is COc1ccc(C2SCC(C(C)=O)=C2O)cc1. The lowest BCUT2D eigenvalue weighted by Gasteiger charge is -2.10. The number of methoxy groups -OCH3 is 1. The summed E-state index contributed by atoms with van der Waals surface area (Å²) >= 11 is 1.57. The van der Waals surface area contributed by atoms with Gasteiger partial charge < -0.3 is 9.84 Å². The van der Waals surface area contributed by atoms with E-state index in [-0.39, 0.29) is 16.8 Å². The van der Waals surface area contributed by atoms with E-state index >= 15 is 0 Å². The second-order valence-electron chi connectivity index (χ2n) is 3.88. The predicted molar refractivity (Wildman–Crippen MR) is 68.5 cm³/mol. The number of hydrogen-bond donors (Lipinski definition) is 1. The summed E-state index contributed by atoms with van der Waals surface area (Å²) < 4.78 is 5.08. The van der Waals surface area contributed by atoms with Gasteiger partial charge in [0.15, 0.2) is 5.78 Å². The Balaban J connectivity index is 2.27. The normalized spacial score (nSPS) is 19.5. The molecule has 1 heterocycles. The van der Waals surface area contributed by atoms with Crippen LogP contribution in [0.4, 0.5) is 0 Å². The third kappa shape index (κ3) is 2.31. The molecule has 0 spiro atoms. The highest BCUT2D eigenvalue weighted by atomic mass is 32.2. The van der Waals surface area contributed by atoms with Crippen molar-refractivity contribution in [3.8, 4) is 5.75 Å². The Bertz CT molecular complexity index is 462. The van der Waals surface area contributed by atoms with Crippen LogP contribution in [0.25, 0.3) is 0 Å². The molecule has 0 fully saturated rings. The van der Waals surface area contributed by atoms with Gasteiger partial charge >= 0.3 is 0 Å². The summed E-state index contributed by atoms with van der Waals surface area (Å²) in [6.45, 7) is 1.49. The van der Waals surface area contributed by atoms with Gasteiger partial charge in [-0.25, -0.2) is 0 Å². The zero-order valence-electron chi connectivity index (χ0n) is 9.77. The molecule has 1 N–H and O–H groups in total. The van der Waals surface area contributed by atoms with Crippen LogP contribution in [-0.2, 0) is 4.79 Å². The number of hydrogen-bond acceptors (Lipinski definition) is 4. The van der Waals surface area contributed by atoms with Crippen molar-refractivity contribution in [2.75, 3.05) is 12.9 Å². The van der Waals surface area contributed by atoms with E-state index in [4.69, 9.17) is 4.74 Å². The summed E-state index contributed by atoms with van der Waals surface area (Å²) in [4.78, 5) is 11.3. The van der Waals surface area contributed by atoms with Gasteiger partial charge in [0.05, 0.1) is 12.4 Å². The molecule has 2 rings (SSSR count). The molecule has 1 aliphatic rings. The standard InChI is InChI=1S/C13H14O3S/c1-8(14)11-7-17-13(12(11)15)9-3-5-10(16-2)6-4-9/h3-6,13,15H,7H2,1-2H3. The molecule has 1 aliphatic heterocycles.